The van der Waals surface area contributed by atoms with Crippen LogP contribution in [-0.4, -0.2) is 44.7 Å². The van der Waals surface area contributed by atoms with Gasteiger partial charge in [-0.25, -0.2) is 8.42 Å². The molecule has 1 aliphatic heterocycles. The SMILES string of the molecule is CCS(=O)(=O)N1CCN(c2ccc(Br)cc2)CC1. The Bertz CT molecular complexity index is 493. The molecule has 0 aromatic heterocycles. The van der Waals surface area contributed by atoms with Gasteiger partial charge in [0.2, 0.25) is 10.0 Å². The number of sulfonamides is 1. The fraction of sp³-hybridized carbons (Fsp3) is 0.500. The van der Waals surface area contributed by atoms with Crippen molar-refractivity contribution in [3.63, 3.8) is 0 Å². The molecule has 0 spiro atoms. The molecule has 0 unspecified atom stereocenters. The maximum atomic E-state index is 11.7. The van der Waals surface area contributed by atoms with Gasteiger partial charge in [-0.1, -0.05) is 15.9 Å². The van der Waals surface area contributed by atoms with Gasteiger partial charge < -0.3 is 4.90 Å². The molecular weight excluding hydrogens is 316 g/mol. The first kappa shape index (κ1) is 13.8. The lowest BCUT2D eigenvalue weighted by Gasteiger charge is -2.35. The van der Waals surface area contributed by atoms with Gasteiger partial charge in [0.1, 0.15) is 0 Å². The van der Waals surface area contributed by atoms with Gasteiger partial charge in [-0.2, -0.15) is 4.31 Å². The van der Waals surface area contributed by atoms with E-state index >= 15 is 0 Å². The van der Waals surface area contributed by atoms with E-state index in [-0.39, 0.29) is 5.75 Å². The predicted molar refractivity (Wildman–Crippen MR) is 77.4 cm³/mol. The lowest BCUT2D eigenvalue weighted by Crippen LogP contribution is -2.49. The first-order valence-corrected chi connectivity index (χ1v) is 8.41. The molecule has 4 nitrogen and oxygen atoms in total. The van der Waals surface area contributed by atoms with Gasteiger partial charge in [-0.05, 0) is 31.2 Å². The van der Waals surface area contributed by atoms with Crippen LogP contribution in [0.15, 0.2) is 28.7 Å². The highest BCUT2D eigenvalue weighted by molar-refractivity contribution is 9.10. The fourth-order valence-electron chi connectivity index (χ4n) is 2.06. The Kier molecular flexibility index (Phi) is 4.29. The Hall–Kier alpha value is -0.590. The van der Waals surface area contributed by atoms with E-state index < -0.39 is 10.0 Å². The minimum Gasteiger partial charge on any atom is -0.369 e. The van der Waals surface area contributed by atoms with E-state index in [0.29, 0.717) is 13.1 Å². The van der Waals surface area contributed by atoms with Crippen LogP contribution >= 0.6 is 15.9 Å². The number of halogens is 1. The van der Waals surface area contributed by atoms with Gasteiger partial charge in [-0.3, -0.25) is 0 Å². The molecule has 1 aromatic carbocycles. The number of benzene rings is 1. The fourth-order valence-corrected chi connectivity index (χ4v) is 3.41. The highest BCUT2D eigenvalue weighted by Gasteiger charge is 2.25. The second-order valence-corrected chi connectivity index (χ2v) is 7.44. The van der Waals surface area contributed by atoms with Crippen molar-refractivity contribution in [2.75, 3.05) is 36.8 Å². The van der Waals surface area contributed by atoms with Crippen LogP contribution in [0.4, 0.5) is 5.69 Å². The number of hydrogen-bond acceptors (Lipinski definition) is 3. The van der Waals surface area contributed by atoms with Crippen molar-refractivity contribution in [1.29, 1.82) is 0 Å². The van der Waals surface area contributed by atoms with Gasteiger partial charge in [0, 0.05) is 36.3 Å². The molecule has 0 saturated carbocycles. The van der Waals surface area contributed by atoms with Crippen LogP contribution < -0.4 is 4.90 Å². The van der Waals surface area contributed by atoms with E-state index in [2.05, 4.69) is 20.8 Å². The van der Waals surface area contributed by atoms with Gasteiger partial charge in [-0.15, -0.1) is 0 Å². The molecule has 0 bridgehead atoms. The lowest BCUT2D eigenvalue weighted by atomic mass is 10.2. The van der Waals surface area contributed by atoms with Crippen LogP contribution in [0, 0.1) is 0 Å². The molecule has 0 N–H and O–H groups in total. The van der Waals surface area contributed by atoms with Gasteiger partial charge in [0.25, 0.3) is 0 Å². The molecule has 1 heterocycles. The Balaban J connectivity index is 2.01. The second kappa shape index (κ2) is 5.59. The summed E-state index contributed by atoms with van der Waals surface area (Å²) in [6.07, 6.45) is 0. The third-order valence-electron chi connectivity index (χ3n) is 3.19. The van der Waals surface area contributed by atoms with E-state index in [1.54, 1.807) is 11.2 Å². The minimum atomic E-state index is -3.03. The minimum absolute atomic E-state index is 0.186. The average Bonchev–Trinajstić information content (AvgIpc) is 2.40. The van der Waals surface area contributed by atoms with E-state index in [1.807, 2.05) is 24.3 Å². The van der Waals surface area contributed by atoms with Crippen molar-refractivity contribution < 1.29 is 8.42 Å². The molecule has 1 aromatic rings. The summed E-state index contributed by atoms with van der Waals surface area (Å²) in [5, 5.41) is 0. The molecule has 100 valence electrons. The normalized spacial score (nSPS) is 18.0. The largest absolute Gasteiger partial charge is 0.369 e. The molecule has 2 rings (SSSR count). The summed E-state index contributed by atoms with van der Waals surface area (Å²) in [5.74, 6) is 0.186. The maximum absolute atomic E-state index is 11.7. The van der Waals surface area contributed by atoms with Crippen molar-refractivity contribution in [1.82, 2.24) is 4.31 Å². The van der Waals surface area contributed by atoms with Crippen LogP contribution in [0.25, 0.3) is 0 Å². The molecule has 18 heavy (non-hydrogen) atoms. The highest BCUT2D eigenvalue weighted by Crippen LogP contribution is 2.20. The Morgan fingerprint density at radius 1 is 1.11 bits per heavy atom. The highest BCUT2D eigenvalue weighted by atomic mass is 79.9. The Labute approximate surface area is 117 Å². The van der Waals surface area contributed by atoms with E-state index in [1.165, 1.54) is 0 Å². The molecular formula is C12H17BrN2O2S. The second-order valence-electron chi connectivity index (χ2n) is 4.26. The summed E-state index contributed by atoms with van der Waals surface area (Å²) < 4.78 is 26.1. The van der Waals surface area contributed by atoms with Crippen molar-refractivity contribution in [3.8, 4) is 0 Å². The lowest BCUT2D eigenvalue weighted by molar-refractivity contribution is 0.385. The number of rotatable bonds is 3. The molecule has 0 amide bonds. The summed E-state index contributed by atoms with van der Waals surface area (Å²) >= 11 is 3.41. The molecule has 0 aliphatic carbocycles. The standard InChI is InChI=1S/C12H17BrN2O2S/c1-2-18(16,17)15-9-7-14(8-10-15)12-5-3-11(13)4-6-12/h3-6H,2,7-10H2,1H3. The summed E-state index contributed by atoms with van der Waals surface area (Å²) in [6.45, 7) is 4.34. The van der Waals surface area contributed by atoms with Crippen molar-refractivity contribution in [3.05, 3.63) is 28.7 Å². The van der Waals surface area contributed by atoms with E-state index in [0.717, 1.165) is 23.2 Å². The Morgan fingerprint density at radius 3 is 2.17 bits per heavy atom. The van der Waals surface area contributed by atoms with Crippen LogP contribution in [0.1, 0.15) is 6.92 Å². The van der Waals surface area contributed by atoms with Crippen LogP contribution in [-0.2, 0) is 10.0 Å². The molecule has 1 fully saturated rings. The zero-order valence-corrected chi connectivity index (χ0v) is 12.7. The maximum Gasteiger partial charge on any atom is 0.213 e. The smallest absolute Gasteiger partial charge is 0.213 e. The van der Waals surface area contributed by atoms with Crippen LogP contribution in [0.5, 0.6) is 0 Å². The zero-order chi connectivity index (χ0) is 13.2. The molecule has 6 heteroatoms. The zero-order valence-electron chi connectivity index (χ0n) is 10.3. The first-order valence-electron chi connectivity index (χ1n) is 6.01. The van der Waals surface area contributed by atoms with Crippen LogP contribution in [0.3, 0.4) is 0 Å². The average molecular weight is 333 g/mol. The number of hydrogen-bond donors (Lipinski definition) is 0. The Morgan fingerprint density at radius 2 is 1.67 bits per heavy atom. The third kappa shape index (κ3) is 3.05. The molecule has 0 atom stereocenters. The van der Waals surface area contributed by atoms with Crippen molar-refractivity contribution in [2.24, 2.45) is 0 Å². The number of anilines is 1. The summed E-state index contributed by atoms with van der Waals surface area (Å²) in [7, 11) is -3.03. The number of piperazine rings is 1. The third-order valence-corrected chi connectivity index (χ3v) is 5.60. The topological polar surface area (TPSA) is 40.6 Å². The van der Waals surface area contributed by atoms with Gasteiger partial charge in [0.05, 0.1) is 5.75 Å². The summed E-state index contributed by atoms with van der Waals surface area (Å²) in [4.78, 5) is 2.22. The van der Waals surface area contributed by atoms with Crippen molar-refractivity contribution in [2.45, 2.75) is 6.92 Å². The molecule has 1 saturated heterocycles. The molecule has 1 aliphatic rings. The van der Waals surface area contributed by atoms with Gasteiger partial charge >= 0.3 is 0 Å². The summed E-state index contributed by atoms with van der Waals surface area (Å²) in [5.41, 5.74) is 1.15. The molecule has 0 radical (unpaired) electrons. The summed E-state index contributed by atoms with van der Waals surface area (Å²) in [6, 6.07) is 8.11. The number of nitrogens with zero attached hydrogens (tertiary/aromatic N) is 2. The monoisotopic (exact) mass is 332 g/mol. The predicted octanol–water partition coefficient (Wildman–Crippen LogP) is 1.92. The van der Waals surface area contributed by atoms with Crippen LogP contribution in [0.2, 0.25) is 0 Å². The van der Waals surface area contributed by atoms with E-state index in [9.17, 15) is 8.42 Å². The van der Waals surface area contributed by atoms with Crippen molar-refractivity contribution >= 4 is 31.6 Å². The quantitative estimate of drug-likeness (QED) is 0.849. The van der Waals surface area contributed by atoms with E-state index in [4.69, 9.17) is 0 Å². The van der Waals surface area contributed by atoms with Gasteiger partial charge in [0.15, 0.2) is 0 Å². The first-order chi connectivity index (χ1) is 8.53.